The van der Waals surface area contributed by atoms with Crippen molar-refractivity contribution in [3.05, 3.63) is 94.5 Å². The first-order valence-corrected chi connectivity index (χ1v) is 12.5. The molecule has 0 amide bonds. The van der Waals surface area contributed by atoms with Gasteiger partial charge in [-0.05, 0) is 42.0 Å². The van der Waals surface area contributed by atoms with Crippen molar-refractivity contribution in [1.29, 1.82) is 0 Å². The molecule has 3 heterocycles. The Balaban J connectivity index is 1.44. The summed E-state index contributed by atoms with van der Waals surface area (Å²) in [5.74, 6) is -1.46. The lowest BCUT2D eigenvalue weighted by Gasteiger charge is -2.47. The molecule has 0 aromatic heterocycles. The Morgan fingerprint density at radius 1 is 0.692 bits per heavy atom. The third-order valence-corrected chi connectivity index (χ3v) is 7.72. The van der Waals surface area contributed by atoms with Gasteiger partial charge in [-0.15, -0.1) is 0 Å². The van der Waals surface area contributed by atoms with Gasteiger partial charge in [0.1, 0.15) is 52.1 Å². The maximum absolute atomic E-state index is 11.0. The van der Waals surface area contributed by atoms with E-state index in [0.29, 0.717) is 33.6 Å². The second-order valence-electron chi connectivity index (χ2n) is 10.2. The summed E-state index contributed by atoms with van der Waals surface area (Å²) in [5, 5.41) is 62.7. The maximum Gasteiger partial charge on any atom is 0.278 e. The average Bonchev–Trinajstić information content (AvgIpc) is 2.89. The van der Waals surface area contributed by atoms with Crippen molar-refractivity contribution in [2.45, 2.75) is 36.8 Å². The molecule has 7 rings (SSSR count). The van der Waals surface area contributed by atoms with Crippen LogP contribution >= 0.6 is 0 Å². The van der Waals surface area contributed by atoms with Crippen LogP contribution in [0.4, 0.5) is 0 Å². The summed E-state index contributed by atoms with van der Waals surface area (Å²) in [6, 6.07) is 16.8. The predicted octanol–water partition coefficient (Wildman–Crippen LogP) is 4.41. The number of aliphatic hydroxyl groups excluding tert-OH is 1. The summed E-state index contributed by atoms with van der Waals surface area (Å²) in [4.78, 5) is 0. The van der Waals surface area contributed by atoms with Crippen molar-refractivity contribution in [1.82, 2.24) is 0 Å². The van der Waals surface area contributed by atoms with E-state index in [1.54, 1.807) is 24.3 Å². The molecule has 4 aromatic carbocycles. The number of ether oxygens (including phenoxy) is 3. The zero-order valence-corrected chi connectivity index (χ0v) is 20.4. The van der Waals surface area contributed by atoms with E-state index in [0.717, 1.165) is 0 Å². The van der Waals surface area contributed by atoms with Gasteiger partial charge in [-0.1, -0.05) is 12.1 Å². The smallest absolute Gasteiger partial charge is 0.278 e. The Hall–Kier alpha value is -4.76. The van der Waals surface area contributed by atoms with Crippen molar-refractivity contribution < 1.29 is 44.8 Å². The van der Waals surface area contributed by atoms with Crippen LogP contribution in [0.15, 0.2) is 66.7 Å². The van der Waals surface area contributed by atoms with Gasteiger partial charge in [0.2, 0.25) is 0 Å². The zero-order valence-electron chi connectivity index (χ0n) is 20.4. The molecule has 0 spiro atoms. The highest BCUT2D eigenvalue weighted by atomic mass is 16.7. The molecule has 4 aromatic rings. The third-order valence-electron chi connectivity index (χ3n) is 7.72. The fourth-order valence-corrected chi connectivity index (χ4v) is 5.96. The molecule has 0 radical (unpaired) electrons. The lowest BCUT2D eigenvalue weighted by molar-refractivity contribution is -0.149. The standard InChI is InChI=1S/C30H24O9/c31-16-5-1-14(2-6-16)28-23(36)11-19-21(34)12-25-27(29(19)37-28)20-13-30(39-25,15-3-7-17(32)8-4-15)38-24-10-18(33)9-22(35)26(20)24/h1-10,12,20,23,28,31-36H,11,13H2/t20-,23-,28-,30+/m1/s1. The van der Waals surface area contributed by atoms with Crippen LogP contribution in [0, 0.1) is 0 Å². The minimum atomic E-state index is -1.40. The lowest BCUT2D eigenvalue weighted by atomic mass is 9.76. The average molecular weight is 529 g/mol. The Bertz CT molecular complexity index is 1610. The number of fused-ring (bicyclic) bond motifs is 8. The van der Waals surface area contributed by atoms with Crippen molar-refractivity contribution in [3.63, 3.8) is 0 Å². The van der Waals surface area contributed by atoms with Gasteiger partial charge >= 0.3 is 0 Å². The number of aliphatic hydroxyl groups is 1. The summed E-state index contributed by atoms with van der Waals surface area (Å²) in [7, 11) is 0. The van der Waals surface area contributed by atoms with Crippen LogP contribution in [0.1, 0.15) is 46.3 Å². The van der Waals surface area contributed by atoms with Crippen LogP contribution in [-0.2, 0) is 12.2 Å². The van der Waals surface area contributed by atoms with Crippen molar-refractivity contribution in [3.8, 4) is 46.0 Å². The molecule has 0 fully saturated rings. The fraction of sp³-hybridized carbons (Fsp3) is 0.200. The lowest BCUT2D eigenvalue weighted by Crippen LogP contribution is -2.47. The highest BCUT2D eigenvalue weighted by Gasteiger charge is 2.53. The summed E-state index contributed by atoms with van der Waals surface area (Å²) in [5.41, 5.74) is 2.62. The summed E-state index contributed by atoms with van der Waals surface area (Å²) in [6.45, 7) is 0. The summed E-state index contributed by atoms with van der Waals surface area (Å²) < 4.78 is 19.2. The quantitative estimate of drug-likeness (QED) is 0.222. The van der Waals surface area contributed by atoms with Crippen LogP contribution in [0.3, 0.4) is 0 Å². The van der Waals surface area contributed by atoms with Crippen LogP contribution < -0.4 is 14.2 Å². The van der Waals surface area contributed by atoms with E-state index in [9.17, 15) is 30.6 Å². The zero-order chi connectivity index (χ0) is 27.1. The number of phenolic OH excluding ortho intramolecular Hbond substituents is 5. The highest BCUT2D eigenvalue weighted by molar-refractivity contribution is 5.67. The molecule has 0 saturated carbocycles. The molecule has 2 bridgehead atoms. The van der Waals surface area contributed by atoms with Gasteiger partial charge in [-0.2, -0.15) is 0 Å². The summed E-state index contributed by atoms with van der Waals surface area (Å²) in [6.07, 6.45) is -1.46. The topological polar surface area (TPSA) is 149 Å². The number of phenols is 5. The van der Waals surface area contributed by atoms with E-state index >= 15 is 0 Å². The Labute approximate surface area is 222 Å². The highest BCUT2D eigenvalue weighted by Crippen LogP contribution is 2.62. The second-order valence-corrected chi connectivity index (χ2v) is 10.2. The van der Waals surface area contributed by atoms with E-state index < -0.39 is 23.9 Å². The van der Waals surface area contributed by atoms with Crippen molar-refractivity contribution in [2.24, 2.45) is 0 Å². The number of rotatable bonds is 2. The van der Waals surface area contributed by atoms with Gasteiger partial charge < -0.3 is 44.8 Å². The van der Waals surface area contributed by atoms with Gasteiger partial charge in [-0.25, -0.2) is 0 Å². The molecular weight excluding hydrogens is 504 g/mol. The molecule has 9 nitrogen and oxygen atoms in total. The first kappa shape index (κ1) is 23.4. The molecule has 0 unspecified atom stereocenters. The van der Waals surface area contributed by atoms with Crippen LogP contribution in [-0.4, -0.2) is 36.7 Å². The van der Waals surface area contributed by atoms with Crippen LogP contribution in [0.5, 0.6) is 46.0 Å². The molecule has 4 atom stereocenters. The fourth-order valence-electron chi connectivity index (χ4n) is 5.96. The monoisotopic (exact) mass is 528 g/mol. The van der Waals surface area contributed by atoms with E-state index in [1.807, 2.05) is 0 Å². The largest absolute Gasteiger partial charge is 0.508 e. The Morgan fingerprint density at radius 2 is 1.33 bits per heavy atom. The van der Waals surface area contributed by atoms with Crippen LogP contribution in [0.25, 0.3) is 0 Å². The Kier molecular flexibility index (Phi) is 4.86. The minimum absolute atomic E-state index is 0.0633. The van der Waals surface area contributed by atoms with Gasteiger partial charge in [0, 0.05) is 59.2 Å². The number of hydrogen-bond donors (Lipinski definition) is 6. The molecule has 0 aliphatic carbocycles. The molecular formula is C30H24O9. The minimum Gasteiger partial charge on any atom is -0.508 e. The van der Waals surface area contributed by atoms with Crippen LogP contribution in [0.2, 0.25) is 0 Å². The predicted molar refractivity (Wildman–Crippen MR) is 137 cm³/mol. The van der Waals surface area contributed by atoms with Gasteiger partial charge in [0.25, 0.3) is 5.79 Å². The second kappa shape index (κ2) is 8.12. The van der Waals surface area contributed by atoms with Crippen molar-refractivity contribution >= 4 is 0 Å². The van der Waals surface area contributed by atoms with E-state index in [1.165, 1.54) is 42.5 Å². The SMILES string of the molecule is Oc1ccc([C@H]2Oc3c(c(O)cc4c3[C@@H]3C[C@](c5ccc(O)cc5)(Oc5cc(O)cc(O)c53)O4)C[C@H]2O)cc1. The molecule has 6 N–H and O–H groups in total. The van der Waals surface area contributed by atoms with E-state index in [4.69, 9.17) is 14.2 Å². The first-order valence-electron chi connectivity index (χ1n) is 12.5. The molecule has 198 valence electrons. The molecule has 9 heteroatoms. The number of aromatic hydroxyl groups is 5. The molecule has 0 saturated heterocycles. The van der Waals surface area contributed by atoms with E-state index in [2.05, 4.69) is 0 Å². The summed E-state index contributed by atoms with van der Waals surface area (Å²) >= 11 is 0. The van der Waals surface area contributed by atoms with Crippen molar-refractivity contribution in [2.75, 3.05) is 0 Å². The molecule has 3 aliphatic heterocycles. The number of hydrogen-bond acceptors (Lipinski definition) is 9. The van der Waals surface area contributed by atoms with Gasteiger partial charge in [0.05, 0.1) is 6.10 Å². The molecule has 39 heavy (non-hydrogen) atoms. The Morgan fingerprint density at radius 3 is 2.03 bits per heavy atom. The number of benzene rings is 4. The van der Waals surface area contributed by atoms with Gasteiger partial charge in [0.15, 0.2) is 0 Å². The first-order chi connectivity index (χ1) is 18.7. The van der Waals surface area contributed by atoms with E-state index in [-0.39, 0.29) is 53.1 Å². The normalized spacial score (nSPS) is 24.3. The van der Waals surface area contributed by atoms with Gasteiger partial charge in [-0.3, -0.25) is 0 Å². The molecule has 3 aliphatic rings. The third kappa shape index (κ3) is 3.50. The maximum atomic E-state index is 11.0.